The second kappa shape index (κ2) is 6.10. The van der Waals surface area contributed by atoms with Crippen LogP contribution < -0.4 is 5.32 Å². The maximum absolute atomic E-state index is 12.7. The van der Waals surface area contributed by atoms with Crippen molar-refractivity contribution in [2.75, 3.05) is 19.6 Å². The van der Waals surface area contributed by atoms with Gasteiger partial charge in [-0.1, -0.05) is 13.8 Å². The summed E-state index contributed by atoms with van der Waals surface area (Å²) in [5.74, 6) is 0.100. The van der Waals surface area contributed by atoms with Crippen molar-refractivity contribution >= 4 is 5.91 Å². The number of aromatic nitrogens is 2. The van der Waals surface area contributed by atoms with E-state index in [-0.39, 0.29) is 5.91 Å². The van der Waals surface area contributed by atoms with Crippen molar-refractivity contribution < 1.29 is 4.79 Å². The number of carbonyl (C=O) groups is 1. The van der Waals surface area contributed by atoms with Gasteiger partial charge in [0.15, 0.2) is 0 Å². The van der Waals surface area contributed by atoms with E-state index in [0.717, 1.165) is 49.4 Å². The molecule has 1 aromatic rings. The number of hydrogen-bond acceptors (Lipinski definition) is 4. The van der Waals surface area contributed by atoms with E-state index < -0.39 is 0 Å². The second-order valence-corrected chi connectivity index (χ2v) is 5.01. The number of nitrogens with one attached hydrogen (secondary N) is 1. The maximum Gasteiger partial charge on any atom is 0.256 e. The minimum atomic E-state index is 0.100. The molecule has 1 saturated heterocycles. The fraction of sp³-hybridized carbons (Fsp3) is 0.643. The van der Waals surface area contributed by atoms with E-state index in [4.69, 9.17) is 0 Å². The Labute approximate surface area is 114 Å². The number of nitrogens with zero attached hydrogens (tertiary/aromatic N) is 3. The second-order valence-electron chi connectivity index (χ2n) is 5.01. The Bertz CT molecular complexity index is 457. The van der Waals surface area contributed by atoms with Gasteiger partial charge in [0.25, 0.3) is 5.91 Å². The Kier molecular flexibility index (Phi) is 4.47. The van der Waals surface area contributed by atoms with Crippen molar-refractivity contribution in [1.82, 2.24) is 20.4 Å². The van der Waals surface area contributed by atoms with Crippen LogP contribution in [0.25, 0.3) is 0 Å². The van der Waals surface area contributed by atoms with Crippen molar-refractivity contribution in [2.45, 2.75) is 39.7 Å². The van der Waals surface area contributed by atoms with Crippen molar-refractivity contribution in [3.05, 3.63) is 23.0 Å². The third kappa shape index (κ3) is 2.92. The van der Waals surface area contributed by atoms with E-state index in [2.05, 4.69) is 22.4 Å². The third-order valence-electron chi connectivity index (χ3n) is 3.48. The molecule has 5 heteroatoms. The van der Waals surface area contributed by atoms with Gasteiger partial charge in [-0.2, -0.15) is 10.2 Å². The molecule has 0 bridgehead atoms. The summed E-state index contributed by atoms with van der Waals surface area (Å²) in [6.45, 7) is 8.57. The van der Waals surface area contributed by atoms with E-state index in [1.165, 1.54) is 0 Å². The molecule has 19 heavy (non-hydrogen) atoms. The quantitative estimate of drug-likeness (QED) is 0.865. The van der Waals surface area contributed by atoms with Crippen molar-refractivity contribution in [1.29, 1.82) is 0 Å². The van der Waals surface area contributed by atoms with Gasteiger partial charge in [0.1, 0.15) is 0 Å². The van der Waals surface area contributed by atoms with Crippen molar-refractivity contribution in [2.24, 2.45) is 0 Å². The highest BCUT2D eigenvalue weighted by Crippen LogP contribution is 2.15. The molecule has 1 fully saturated rings. The first-order valence-electron chi connectivity index (χ1n) is 7.02. The van der Waals surface area contributed by atoms with Gasteiger partial charge in [-0.15, -0.1) is 0 Å². The molecule has 0 aliphatic carbocycles. The number of rotatable bonds is 5. The van der Waals surface area contributed by atoms with E-state index >= 15 is 0 Å². The molecule has 1 aliphatic rings. The molecule has 0 atom stereocenters. The van der Waals surface area contributed by atoms with Crippen LogP contribution in [0.15, 0.2) is 6.07 Å². The van der Waals surface area contributed by atoms with Gasteiger partial charge < -0.3 is 10.2 Å². The molecule has 0 unspecified atom stereocenters. The lowest BCUT2D eigenvalue weighted by atomic mass is 10.1. The van der Waals surface area contributed by atoms with Gasteiger partial charge in [-0.3, -0.25) is 4.79 Å². The van der Waals surface area contributed by atoms with Gasteiger partial charge in [0.05, 0.1) is 23.0 Å². The van der Waals surface area contributed by atoms with Crippen molar-refractivity contribution in [3.63, 3.8) is 0 Å². The lowest BCUT2D eigenvalue weighted by Gasteiger charge is -2.38. The maximum atomic E-state index is 12.7. The number of hydrogen-bond donors (Lipinski definition) is 1. The number of carbonyl (C=O) groups excluding carboxylic acids is 1. The smallest absolute Gasteiger partial charge is 0.256 e. The molecule has 2 heterocycles. The molecule has 1 aromatic heterocycles. The van der Waals surface area contributed by atoms with Crippen LogP contribution >= 0.6 is 0 Å². The van der Waals surface area contributed by atoms with E-state index in [1.54, 1.807) is 0 Å². The molecular formula is C14H22N4O. The average Bonchev–Trinajstić information content (AvgIpc) is 2.35. The fourth-order valence-corrected chi connectivity index (χ4v) is 2.30. The van der Waals surface area contributed by atoms with Crippen LogP contribution in [0.5, 0.6) is 0 Å². The first-order valence-corrected chi connectivity index (χ1v) is 7.02. The largest absolute Gasteiger partial charge is 0.333 e. The van der Waals surface area contributed by atoms with Gasteiger partial charge in [-0.05, 0) is 25.8 Å². The zero-order valence-electron chi connectivity index (χ0n) is 11.9. The van der Waals surface area contributed by atoms with Crippen LogP contribution in [-0.4, -0.2) is 46.7 Å². The predicted molar refractivity (Wildman–Crippen MR) is 74.1 cm³/mol. The first kappa shape index (κ1) is 13.9. The van der Waals surface area contributed by atoms with Gasteiger partial charge in [0.2, 0.25) is 0 Å². The molecule has 1 N–H and O–H groups in total. The van der Waals surface area contributed by atoms with Crippen LogP contribution in [0.4, 0.5) is 0 Å². The lowest BCUT2D eigenvalue weighted by molar-refractivity contribution is 0.0613. The highest BCUT2D eigenvalue weighted by Gasteiger charge is 2.29. The zero-order chi connectivity index (χ0) is 13.8. The van der Waals surface area contributed by atoms with Crippen LogP contribution in [-0.2, 0) is 6.42 Å². The van der Waals surface area contributed by atoms with Gasteiger partial charge in [0, 0.05) is 19.6 Å². The Morgan fingerprint density at radius 2 is 2.16 bits per heavy atom. The predicted octanol–water partition coefficient (Wildman–Crippen LogP) is 1.17. The Morgan fingerprint density at radius 1 is 1.42 bits per heavy atom. The Balaban J connectivity index is 2.27. The molecule has 1 aliphatic heterocycles. The molecule has 5 nitrogen and oxygen atoms in total. The minimum absolute atomic E-state index is 0.100. The Morgan fingerprint density at radius 3 is 2.68 bits per heavy atom. The number of aryl methyl sites for hydroxylation is 2. The summed E-state index contributed by atoms with van der Waals surface area (Å²) in [4.78, 5) is 14.7. The van der Waals surface area contributed by atoms with E-state index in [0.29, 0.717) is 6.04 Å². The molecule has 1 amide bonds. The fourth-order valence-electron chi connectivity index (χ4n) is 2.30. The van der Waals surface area contributed by atoms with Gasteiger partial charge in [-0.25, -0.2) is 0 Å². The topological polar surface area (TPSA) is 58.1 Å². The summed E-state index contributed by atoms with van der Waals surface area (Å²) in [5, 5.41) is 11.4. The van der Waals surface area contributed by atoms with E-state index in [9.17, 15) is 4.79 Å². The highest BCUT2D eigenvalue weighted by molar-refractivity contribution is 5.95. The summed E-state index contributed by atoms with van der Waals surface area (Å²) in [6.07, 6.45) is 1.71. The summed E-state index contributed by atoms with van der Waals surface area (Å²) >= 11 is 0. The summed E-state index contributed by atoms with van der Waals surface area (Å²) in [5.41, 5.74) is 2.31. The molecule has 0 aromatic carbocycles. The Hall–Kier alpha value is -1.49. The SMILES string of the molecule is CCCN(C(=O)c1cc(C)nnc1CC)C1CNC1. The lowest BCUT2D eigenvalue weighted by Crippen LogP contribution is -2.59. The minimum Gasteiger partial charge on any atom is -0.333 e. The average molecular weight is 262 g/mol. The number of amides is 1. The summed E-state index contributed by atoms with van der Waals surface area (Å²) in [6, 6.07) is 2.19. The first-order chi connectivity index (χ1) is 9.17. The van der Waals surface area contributed by atoms with Crippen LogP contribution in [0.1, 0.15) is 42.0 Å². The summed E-state index contributed by atoms with van der Waals surface area (Å²) < 4.78 is 0. The molecule has 104 valence electrons. The van der Waals surface area contributed by atoms with Crippen LogP contribution in [0.3, 0.4) is 0 Å². The molecule has 0 spiro atoms. The van der Waals surface area contributed by atoms with Crippen molar-refractivity contribution in [3.8, 4) is 0 Å². The van der Waals surface area contributed by atoms with E-state index in [1.807, 2.05) is 24.8 Å². The van der Waals surface area contributed by atoms with Crippen LogP contribution in [0, 0.1) is 6.92 Å². The third-order valence-corrected chi connectivity index (χ3v) is 3.48. The molecule has 0 radical (unpaired) electrons. The van der Waals surface area contributed by atoms with Crippen LogP contribution in [0.2, 0.25) is 0 Å². The molecule has 2 rings (SSSR count). The standard InChI is InChI=1S/C14H22N4O/c1-4-6-18(11-8-15-9-11)14(19)12-7-10(3)16-17-13(12)5-2/h7,11,15H,4-6,8-9H2,1-3H3. The highest BCUT2D eigenvalue weighted by atomic mass is 16.2. The monoisotopic (exact) mass is 262 g/mol. The summed E-state index contributed by atoms with van der Waals surface area (Å²) in [7, 11) is 0. The molecule has 0 saturated carbocycles. The molecular weight excluding hydrogens is 240 g/mol. The zero-order valence-corrected chi connectivity index (χ0v) is 11.9. The normalized spacial score (nSPS) is 15.1. The van der Waals surface area contributed by atoms with Gasteiger partial charge >= 0.3 is 0 Å².